The summed E-state index contributed by atoms with van der Waals surface area (Å²) in [4.78, 5) is 4.25. The molecule has 11 heteroatoms. The Morgan fingerprint density at radius 1 is 1.00 bits per heavy atom. The number of nitrogens with zero attached hydrogens (tertiary/aromatic N) is 4. The lowest BCUT2D eigenvalue weighted by molar-refractivity contribution is -0.137. The smallest absolute Gasteiger partial charge is 0.417 e. The molecule has 0 atom stereocenters. The lowest BCUT2D eigenvalue weighted by Crippen LogP contribution is -2.14. The molecule has 8 nitrogen and oxygen atoms in total. The average molecular weight is 415 g/mol. The Bertz CT molecular complexity index is 1180. The minimum absolute atomic E-state index is 0.000714. The molecule has 0 saturated carbocycles. The number of aromatic nitrogens is 5. The number of alkyl halides is 3. The van der Waals surface area contributed by atoms with Gasteiger partial charge in [-0.2, -0.15) is 18.3 Å². The van der Waals surface area contributed by atoms with Gasteiger partial charge in [-0.1, -0.05) is 30.3 Å². The molecule has 0 fully saturated rings. The molecule has 30 heavy (non-hydrogen) atoms. The number of para-hydroxylation sites is 1. The van der Waals surface area contributed by atoms with Gasteiger partial charge in [-0.05, 0) is 18.2 Å². The first-order chi connectivity index (χ1) is 14.5. The minimum Gasteiger partial charge on any atom is -0.473 e. The van der Waals surface area contributed by atoms with Gasteiger partial charge in [0.15, 0.2) is 17.5 Å². The fourth-order valence-electron chi connectivity index (χ4n) is 2.86. The SMILES string of the molecule is NCCOc1nnc(-c2ccccc2C(F)(F)F)nc1Nc1n[nH]c2ccccc12. The second-order valence-electron chi connectivity index (χ2n) is 6.21. The molecule has 0 unspecified atom stereocenters. The summed E-state index contributed by atoms with van der Waals surface area (Å²) in [6.45, 7) is 0.343. The van der Waals surface area contributed by atoms with E-state index in [1.54, 1.807) is 0 Å². The molecule has 0 aliphatic heterocycles. The fraction of sp³-hybridized carbons (Fsp3) is 0.158. The summed E-state index contributed by atoms with van der Waals surface area (Å²) in [7, 11) is 0. The number of benzene rings is 2. The van der Waals surface area contributed by atoms with Crippen molar-refractivity contribution < 1.29 is 17.9 Å². The normalized spacial score (nSPS) is 11.6. The molecule has 0 saturated heterocycles. The topological polar surface area (TPSA) is 115 Å². The van der Waals surface area contributed by atoms with Crippen LogP contribution < -0.4 is 15.8 Å². The largest absolute Gasteiger partial charge is 0.473 e. The number of anilines is 2. The van der Waals surface area contributed by atoms with E-state index in [1.165, 1.54) is 18.2 Å². The number of fused-ring (bicyclic) bond motifs is 1. The van der Waals surface area contributed by atoms with Crippen LogP contribution in [0.25, 0.3) is 22.3 Å². The van der Waals surface area contributed by atoms with Crippen molar-refractivity contribution in [1.82, 2.24) is 25.4 Å². The third-order valence-corrected chi connectivity index (χ3v) is 4.19. The molecule has 4 N–H and O–H groups in total. The Labute approximate surface area is 168 Å². The predicted octanol–water partition coefficient (Wildman–Crippen LogP) is 3.51. The summed E-state index contributed by atoms with van der Waals surface area (Å²) in [6, 6.07) is 12.4. The van der Waals surface area contributed by atoms with Crippen LogP contribution in [-0.4, -0.2) is 38.5 Å². The standard InChI is InChI=1S/C19H16F3N7O/c20-19(21,22)13-7-3-1-5-11(13)15-24-17(18(29-28-15)30-10-9-23)25-16-12-6-2-4-8-14(12)26-27-16/h1-8H,9-10,23H2,(H2,24,25,26,27,28). The van der Waals surface area contributed by atoms with Crippen LogP contribution >= 0.6 is 0 Å². The van der Waals surface area contributed by atoms with Crippen LogP contribution in [0.3, 0.4) is 0 Å². The maximum atomic E-state index is 13.4. The van der Waals surface area contributed by atoms with E-state index < -0.39 is 11.7 Å². The lowest BCUT2D eigenvalue weighted by atomic mass is 10.1. The molecular formula is C19H16F3N7O. The average Bonchev–Trinajstić information content (AvgIpc) is 3.15. The van der Waals surface area contributed by atoms with Gasteiger partial charge in [0.1, 0.15) is 6.61 Å². The Morgan fingerprint density at radius 2 is 1.77 bits per heavy atom. The number of hydrogen-bond donors (Lipinski definition) is 3. The van der Waals surface area contributed by atoms with Crippen molar-refractivity contribution in [2.45, 2.75) is 6.18 Å². The van der Waals surface area contributed by atoms with Crippen LogP contribution in [0.1, 0.15) is 5.56 Å². The van der Waals surface area contributed by atoms with Crippen LogP contribution in [-0.2, 0) is 6.18 Å². The maximum Gasteiger partial charge on any atom is 0.417 e. The quantitative estimate of drug-likeness (QED) is 0.441. The molecule has 2 aromatic heterocycles. The highest BCUT2D eigenvalue weighted by atomic mass is 19.4. The van der Waals surface area contributed by atoms with Gasteiger partial charge < -0.3 is 15.8 Å². The van der Waals surface area contributed by atoms with Gasteiger partial charge in [-0.3, -0.25) is 5.10 Å². The van der Waals surface area contributed by atoms with Gasteiger partial charge >= 0.3 is 6.18 Å². The van der Waals surface area contributed by atoms with E-state index in [9.17, 15) is 13.2 Å². The van der Waals surface area contributed by atoms with Crippen molar-refractivity contribution in [2.24, 2.45) is 5.73 Å². The number of hydrogen-bond acceptors (Lipinski definition) is 7. The van der Waals surface area contributed by atoms with Crippen LogP contribution in [0.15, 0.2) is 48.5 Å². The molecule has 0 bridgehead atoms. The van der Waals surface area contributed by atoms with Crippen molar-refractivity contribution >= 4 is 22.5 Å². The molecule has 2 heterocycles. The van der Waals surface area contributed by atoms with Crippen molar-refractivity contribution in [3.05, 3.63) is 54.1 Å². The molecule has 4 rings (SSSR count). The van der Waals surface area contributed by atoms with E-state index in [0.717, 1.165) is 17.0 Å². The van der Waals surface area contributed by atoms with E-state index in [4.69, 9.17) is 10.5 Å². The number of nitrogens with one attached hydrogen (secondary N) is 2. The number of H-pyrrole nitrogens is 1. The van der Waals surface area contributed by atoms with Crippen molar-refractivity contribution in [3.63, 3.8) is 0 Å². The Hall–Kier alpha value is -3.73. The molecule has 0 aliphatic rings. The van der Waals surface area contributed by atoms with Gasteiger partial charge in [0.2, 0.25) is 0 Å². The molecule has 0 radical (unpaired) electrons. The van der Waals surface area contributed by atoms with Crippen molar-refractivity contribution in [1.29, 1.82) is 0 Å². The third-order valence-electron chi connectivity index (χ3n) is 4.19. The van der Waals surface area contributed by atoms with Gasteiger partial charge in [0.05, 0.1) is 11.1 Å². The zero-order valence-electron chi connectivity index (χ0n) is 15.4. The number of rotatable bonds is 6. The Balaban J connectivity index is 1.79. The van der Waals surface area contributed by atoms with Gasteiger partial charge in [-0.15, -0.1) is 10.2 Å². The number of aromatic amines is 1. The highest BCUT2D eigenvalue weighted by molar-refractivity contribution is 5.91. The van der Waals surface area contributed by atoms with Crippen LogP contribution in [0.2, 0.25) is 0 Å². The van der Waals surface area contributed by atoms with E-state index >= 15 is 0 Å². The molecule has 154 valence electrons. The Kier molecular flexibility index (Phi) is 5.19. The molecule has 0 aliphatic carbocycles. The maximum absolute atomic E-state index is 13.4. The van der Waals surface area contributed by atoms with Gasteiger partial charge in [0, 0.05) is 17.5 Å². The predicted molar refractivity (Wildman–Crippen MR) is 104 cm³/mol. The first-order valence-electron chi connectivity index (χ1n) is 8.91. The van der Waals surface area contributed by atoms with Crippen LogP contribution in [0, 0.1) is 0 Å². The highest BCUT2D eigenvalue weighted by Gasteiger charge is 2.34. The summed E-state index contributed by atoms with van der Waals surface area (Å²) in [5, 5.41) is 18.5. The summed E-state index contributed by atoms with van der Waals surface area (Å²) in [5.41, 5.74) is 5.18. The zero-order chi connectivity index (χ0) is 21.1. The number of nitrogens with two attached hydrogens (primary N) is 1. The summed E-state index contributed by atoms with van der Waals surface area (Å²) < 4.78 is 45.7. The second-order valence-corrected chi connectivity index (χ2v) is 6.21. The van der Waals surface area contributed by atoms with Crippen molar-refractivity contribution in [3.8, 4) is 17.3 Å². The molecule has 2 aromatic carbocycles. The van der Waals surface area contributed by atoms with Crippen molar-refractivity contribution in [2.75, 3.05) is 18.5 Å². The first kappa shape index (κ1) is 19.6. The second kappa shape index (κ2) is 7.95. The minimum atomic E-state index is -4.57. The van der Waals surface area contributed by atoms with E-state index in [1.807, 2.05) is 24.3 Å². The highest BCUT2D eigenvalue weighted by Crippen LogP contribution is 2.36. The summed E-state index contributed by atoms with van der Waals surface area (Å²) >= 11 is 0. The molecule has 4 aromatic rings. The fourth-order valence-corrected chi connectivity index (χ4v) is 2.86. The number of halogens is 3. The van der Waals surface area contributed by atoms with Crippen LogP contribution in [0.4, 0.5) is 24.8 Å². The van der Waals surface area contributed by atoms with Gasteiger partial charge in [0.25, 0.3) is 5.88 Å². The lowest BCUT2D eigenvalue weighted by Gasteiger charge is -2.13. The molecule has 0 spiro atoms. The number of ether oxygens (including phenoxy) is 1. The van der Waals surface area contributed by atoms with E-state index in [-0.39, 0.29) is 36.2 Å². The third kappa shape index (κ3) is 3.87. The summed E-state index contributed by atoms with van der Waals surface area (Å²) in [5.74, 6) is 0.285. The van der Waals surface area contributed by atoms with Crippen LogP contribution in [0.5, 0.6) is 5.88 Å². The monoisotopic (exact) mass is 415 g/mol. The first-order valence-corrected chi connectivity index (χ1v) is 8.91. The summed E-state index contributed by atoms with van der Waals surface area (Å²) in [6.07, 6.45) is -4.57. The zero-order valence-corrected chi connectivity index (χ0v) is 15.4. The van der Waals surface area contributed by atoms with E-state index in [2.05, 4.69) is 30.7 Å². The molecule has 0 amide bonds. The van der Waals surface area contributed by atoms with E-state index in [0.29, 0.717) is 5.82 Å². The Morgan fingerprint density at radius 3 is 2.57 bits per heavy atom. The van der Waals surface area contributed by atoms with Gasteiger partial charge in [-0.25, -0.2) is 4.98 Å². The molecular weight excluding hydrogens is 399 g/mol.